The first-order valence-electron chi connectivity index (χ1n) is 5.26. The summed E-state index contributed by atoms with van der Waals surface area (Å²) in [6, 6.07) is 12.7. The van der Waals surface area contributed by atoms with Gasteiger partial charge in [0.05, 0.1) is 0 Å². The van der Waals surface area contributed by atoms with Crippen molar-refractivity contribution in [3.63, 3.8) is 0 Å². The van der Waals surface area contributed by atoms with E-state index >= 15 is 0 Å². The number of amidine groups is 1. The molecule has 2 rings (SSSR count). The average Bonchev–Trinajstić information content (AvgIpc) is 2.41. The van der Waals surface area contributed by atoms with Crippen molar-refractivity contribution >= 4 is 5.84 Å². The molecule has 5 heteroatoms. The fourth-order valence-corrected chi connectivity index (χ4v) is 1.41. The van der Waals surface area contributed by atoms with Gasteiger partial charge in [-0.1, -0.05) is 0 Å². The molecule has 0 radical (unpaired) electrons. The molecule has 92 valence electrons. The lowest BCUT2D eigenvalue weighted by atomic mass is 10.2. The van der Waals surface area contributed by atoms with Gasteiger partial charge >= 0.3 is 0 Å². The highest BCUT2D eigenvalue weighted by Crippen LogP contribution is 2.21. The minimum atomic E-state index is -0.301. The number of hydrazone groups is 1. The van der Waals surface area contributed by atoms with Crippen LogP contribution in [0.1, 0.15) is 5.56 Å². The molecule has 0 amide bonds. The molecular formula is C13H12FN3O. The number of hydrogen-bond donors (Lipinski definition) is 2. The maximum Gasteiger partial charge on any atom is 0.150 e. The van der Waals surface area contributed by atoms with E-state index in [0.717, 1.165) is 0 Å². The molecule has 2 aromatic rings. The van der Waals surface area contributed by atoms with Crippen LogP contribution in [0.5, 0.6) is 11.5 Å². The summed E-state index contributed by atoms with van der Waals surface area (Å²) >= 11 is 0. The van der Waals surface area contributed by atoms with Crippen molar-refractivity contribution in [1.29, 1.82) is 0 Å². The number of hydrogen-bond acceptors (Lipinski definition) is 3. The second-order valence-corrected chi connectivity index (χ2v) is 3.59. The summed E-state index contributed by atoms with van der Waals surface area (Å²) in [6.45, 7) is 0. The van der Waals surface area contributed by atoms with Crippen LogP contribution in [0.25, 0.3) is 0 Å². The highest BCUT2D eigenvalue weighted by atomic mass is 19.1. The normalized spacial score (nSPS) is 11.3. The molecule has 4 nitrogen and oxygen atoms in total. The molecule has 0 saturated heterocycles. The Kier molecular flexibility index (Phi) is 3.43. The van der Waals surface area contributed by atoms with Gasteiger partial charge in [0.2, 0.25) is 0 Å². The molecule has 2 aromatic carbocycles. The Morgan fingerprint density at radius 2 is 1.44 bits per heavy atom. The lowest BCUT2D eigenvalue weighted by Gasteiger charge is -2.06. The first-order valence-corrected chi connectivity index (χ1v) is 5.26. The summed E-state index contributed by atoms with van der Waals surface area (Å²) in [5, 5.41) is 3.39. The second-order valence-electron chi connectivity index (χ2n) is 3.59. The zero-order valence-electron chi connectivity index (χ0n) is 9.51. The molecule has 0 aliphatic rings. The molecule has 0 spiro atoms. The van der Waals surface area contributed by atoms with Gasteiger partial charge in [0.25, 0.3) is 0 Å². The molecular weight excluding hydrogens is 233 g/mol. The topological polar surface area (TPSA) is 73.6 Å². The van der Waals surface area contributed by atoms with Crippen LogP contribution in [0.4, 0.5) is 4.39 Å². The van der Waals surface area contributed by atoms with Crippen LogP contribution in [0.15, 0.2) is 53.6 Å². The van der Waals surface area contributed by atoms with Crippen molar-refractivity contribution in [1.82, 2.24) is 0 Å². The van der Waals surface area contributed by atoms with Crippen LogP contribution in [-0.2, 0) is 0 Å². The third-order valence-electron chi connectivity index (χ3n) is 2.34. The van der Waals surface area contributed by atoms with Crippen molar-refractivity contribution in [2.75, 3.05) is 0 Å². The summed E-state index contributed by atoms with van der Waals surface area (Å²) in [4.78, 5) is 0. The SMILES string of the molecule is N/N=C(\N)c1ccc(Oc2ccc(F)cc2)cc1. The fraction of sp³-hybridized carbons (Fsp3) is 0. The molecule has 0 saturated carbocycles. The van der Waals surface area contributed by atoms with Gasteiger partial charge < -0.3 is 16.3 Å². The summed E-state index contributed by atoms with van der Waals surface area (Å²) in [5.41, 5.74) is 6.27. The minimum Gasteiger partial charge on any atom is -0.457 e. The van der Waals surface area contributed by atoms with Crippen molar-refractivity contribution in [3.05, 3.63) is 59.9 Å². The summed E-state index contributed by atoms with van der Waals surface area (Å²) in [6.07, 6.45) is 0. The molecule has 0 aliphatic carbocycles. The molecule has 18 heavy (non-hydrogen) atoms. The van der Waals surface area contributed by atoms with Gasteiger partial charge in [0.15, 0.2) is 0 Å². The van der Waals surface area contributed by atoms with Crippen molar-refractivity contribution in [2.24, 2.45) is 16.7 Å². The number of rotatable bonds is 3. The predicted octanol–water partition coefficient (Wildman–Crippen LogP) is 2.20. The van der Waals surface area contributed by atoms with Crippen LogP contribution < -0.4 is 16.3 Å². The van der Waals surface area contributed by atoms with E-state index in [0.29, 0.717) is 17.1 Å². The zero-order valence-corrected chi connectivity index (χ0v) is 9.51. The quantitative estimate of drug-likeness (QED) is 0.377. The zero-order chi connectivity index (χ0) is 13.0. The van der Waals surface area contributed by atoms with Crippen LogP contribution in [0.3, 0.4) is 0 Å². The maximum absolute atomic E-state index is 12.7. The number of nitrogens with two attached hydrogens (primary N) is 2. The number of benzene rings is 2. The van der Waals surface area contributed by atoms with E-state index in [1.807, 2.05) is 0 Å². The highest BCUT2D eigenvalue weighted by Gasteiger charge is 2.00. The Labute approximate surface area is 104 Å². The maximum atomic E-state index is 12.7. The first kappa shape index (κ1) is 11.9. The van der Waals surface area contributed by atoms with E-state index in [4.69, 9.17) is 16.3 Å². The monoisotopic (exact) mass is 245 g/mol. The second kappa shape index (κ2) is 5.18. The third kappa shape index (κ3) is 2.76. The van der Waals surface area contributed by atoms with E-state index < -0.39 is 0 Å². The molecule has 0 bridgehead atoms. The molecule has 0 heterocycles. The summed E-state index contributed by atoms with van der Waals surface area (Å²) in [5.74, 6) is 6.21. The van der Waals surface area contributed by atoms with E-state index in [9.17, 15) is 4.39 Å². The van der Waals surface area contributed by atoms with E-state index in [1.54, 1.807) is 36.4 Å². The fourth-order valence-electron chi connectivity index (χ4n) is 1.41. The van der Waals surface area contributed by atoms with Gasteiger partial charge in [-0.05, 0) is 48.5 Å². The number of nitrogens with zero attached hydrogens (tertiary/aromatic N) is 1. The Morgan fingerprint density at radius 3 is 1.94 bits per heavy atom. The van der Waals surface area contributed by atoms with Gasteiger partial charge in [-0.3, -0.25) is 0 Å². The van der Waals surface area contributed by atoms with E-state index in [1.165, 1.54) is 12.1 Å². The number of ether oxygens (including phenoxy) is 1. The van der Waals surface area contributed by atoms with Gasteiger partial charge in [-0.2, -0.15) is 5.10 Å². The van der Waals surface area contributed by atoms with Gasteiger partial charge in [0.1, 0.15) is 23.2 Å². The van der Waals surface area contributed by atoms with Crippen LogP contribution in [0, 0.1) is 5.82 Å². The standard InChI is InChI=1S/C13H12FN3O/c14-10-3-7-12(8-4-10)18-11-5-1-9(2-6-11)13(15)17-16/h1-8H,16H2,(H2,15,17). The van der Waals surface area contributed by atoms with Gasteiger partial charge in [-0.15, -0.1) is 0 Å². The Hall–Kier alpha value is -2.56. The number of halogens is 1. The molecule has 0 aliphatic heterocycles. The van der Waals surface area contributed by atoms with Gasteiger partial charge in [0, 0.05) is 5.56 Å². The minimum absolute atomic E-state index is 0.253. The first-order chi connectivity index (χ1) is 8.69. The van der Waals surface area contributed by atoms with Gasteiger partial charge in [-0.25, -0.2) is 4.39 Å². The molecule has 0 atom stereocenters. The van der Waals surface area contributed by atoms with Crippen molar-refractivity contribution in [2.45, 2.75) is 0 Å². The lowest BCUT2D eigenvalue weighted by molar-refractivity contribution is 0.480. The van der Waals surface area contributed by atoms with Crippen LogP contribution >= 0.6 is 0 Å². The predicted molar refractivity (Wildman–Crippen MR) is 67.8 cm³/mol. The molecule has 0 aromatic heterocycles. The third-order valence-corrected chi connectivity index (χ3v) is 2.34. The van der Waals surface area contributed by atoms with Crippen LogP contribution in [-0.4, -0.2) is 5.84 Å². The Bertz CT molecular complexity index is 549. The lowest BCUT2D eigenvalue weighted by Crippen LogP contribution is -2.15. The largest absolute Gasteiger partial charge is 0.457 e. The van der Waals surface area contributed by atoms with E-state index in [2.05, 4.69) is 5.10 Å². The highest BCUT2D eigenvalue weighted by molar-refractivity contribution is 5.97. The Balaban J connectivity index is 2.13. The Morgan fingerprint density at radius 1 is 0.944 bits per heavy atom. The summed E-state index contributed by atoms with van der Waals surface area (Å²) < 4.78 is 18.2. The van der Waals surface area contributed by atoms with Crippen LogP contribution in [0.2, 0.25) is 0 Å². The average molecular weight is 245 g/mol. The van der Waals surface area contributed by atoms with E-state index in [-0.39, 0.29) is 11.7 Å². The smallest absolute Gasteiger partial charge is 0.150 e. The van der Waals surface area contributed by atoms with Crippen molar-refractivity contribution in [3.8, 4) is 11.5 Å². The molecule has 0 unspecified atom stereocenters. The molecule has 4 N–H and O–H groups in total. The summed E-state index contributed by atoms with van der Waals surface area (Å²) in [7, 11) is 0. The van der Waals surface area contributed by atoms with Crippen molar-refractivity contribution < 1.29 is 9.13 Å². The molecule has 0 fully saturated rings.